The summed E-state index contributed by atoms with van der Waals surface area (Å²) in [5.74, 6) is 2.29. The molecule has 3 N–H and O–H groups in total. The fraction of sp³-hybridized carbons (Fsp3) is 0.483. The van der Waals surface area contributed by atoms with Gasteiger partial charge in [0.1, 0.15) is 19.8 Å². The van der Waals surface area contributed by atoms with Gasteiger partial charge in [-0.25, -0.2) is 0 Å². The van der Waals surface area contributed by atoms with Crippen LogP contribution in [-0.2, 0) is 78.2 Å². The summed E-state index contributed by atoms with van der Waals surface area (Å²) < 4.78 is 28.0. The lowest BCUT2D eigenvalue weighted by Gasteiger charge is -2.28. The quantitative estimate of drug-likeness (QED) is 0.0825. The molecule has 0 spiro atoms. The molecule has 424 valence electrons. The molecule has 0 aliphatic carbocycles. The fourth-order valence-corrected chi connectivity index (χ4v) is 8.07. The first kappa shape index (κ1) is 63.5. The van der Waals surface area contributed by atoms with Gasteiger partial charge in [-0.05, 0) is 78.1 Å². The second kappa shape index (κ2) is 33.3. The smallest absolute Gasteiger partial charge is 0.233 e. The number of halogens is 3. The van der Waals surface area contributed by atoms with Gasteiger partial charge in [0.15, 0.2) is 0 Å². The molecule has 1 saturated heterocycles. The number of hydrogen-bond acceptors (Lipinski definition) is 12. The first-order valence-electron chi connectivity index (χ1n) is 26.5. The van der Waals surface area contributed by atoms with E-state index in [1.807, 2.05) is 142 Å². The number of ether oxygens (including phenoxy) is 4. The van der Waals surface area contributed by atoms with E-state index >= 15 is 0 Å². The van der Waals surface area contributed by atoms with Crippen molar-refractivity contribution in [3.8, 4) is 17.6 Å². The lowest BCUT2D eigenvalue weighted by molar-refractivity contribution is -0.133. The molecule has 0 atom stereocenters. The zero-order valence-corrected chi connectivity index (χ0v) is 50.9. The minimum atomic E-state index is -0.0162. The van der Waals surface area contributed by atoms with E-state index in [9.17, 15) is 14.4 Å². The predicted octanol–water partition coefficient (Wildman–Crippen LogP) is 10.2. The van der Waals surface area contributed by atoms with Gasteiger partial charge in [0, 0.05) is 69.6 Å². The fourth-order valence-electron chi connectivity index (χ4n) is 7.71. The van der Waals surface area contributed by atoms with Crippen LogP contribution in [-0.4, -0.2) is 105 Å². The summed E-state index contributed by atoms with van der Waals surface area (Å²) in [6, 6.07) is 36.1. The monoisotopic (exact) mass is 1260 g/mol. The molecule has 0 radical (unpaired) electrons. The minimum Gasteiger partial charge on any atom is -0.472 e. The van der Waals surface area contributed by atoms with Crippen LogP contribution in [0.3, 0.4) is 0 Å². The number of nitrogens with zero attached hydrogens (tertiary/aromatic N) is 8. The van der Waals surface area contributed by atoms with Gasteiger partial charge in [-0.2, -0.15) is 0 Å². The maximum absolute atomic E-state index is 12.4. The van der Waals surface area contributed by atoms with Crippen LogP contribution >= 0.6 is 47.8 Å². The summed E-state index contributed by atoms with van der Waals surface area (Å²) in [5.41, 5.74) is 12.2. The Morgan fingerprint density at radius 1 is 0.590 bits per heavy atom. The van der Waals surface area contributed by atoms with Crippen LogP contribution in [0.5, 0.6) is 17.6 Å². The second-order valence-corrected chi connectivity index (χ2v) is 23.1. The largest absolute Gasteiger partial charge is 0.472 e. The standard InChI is InChI=1S/C20H27N3O2.C15H16BrN3O2.C13H15N3O.C4H11N.C4H8O.C2H2Br2O/c1-20(2,3)10-9-19(24)22-11-12-23-17(14-22)13-18(21-23)25-15-16-7-5-4-6-8-16;16-9-15(20)18-6-7-19-13(10-18)8-14(17-19)21-11-12-4-2-1-3-5-12;1-2-4-11(5-3-1)10-17-13-8-12-9-14-6-7-16(12)15-13;1-4(2,3)5;1-2-4-5-3-1;3-1-2(4)5/h4-8,13H,9-12,14-15H2,1-3H3;1-5,8H,6-7,9-11H2;1-5,8,14H,6-7,9-10H2;5H2,1-3H3;1-4H2;1H2. The highest BCUT2D eigenvalue weighted by molar-refractivity contribution is 9.19. The SMILES string of the molecule is C1CCOC1.CC(C)(C)CCC(=O)N1CCn2nc(OCc3ccccc3)cc2C1.CC(C)(C)N.O=C(Br)CBr.O=C(CBr)N1CCn2nc(OCc3ccccc3)cc2C1.c1ccc(COc2cc3n(n2)CCNC3)cc1. The molecule has 3 aromatic carbocycles. The molecule has 78 heavy (non-hydrogen) atoms. The number of rotatable bonds is 13. The lowest BCUT2D eigenvalue weighted by Crippen LogP contribution is -2.38. The molecule has 6 aromatic rings. The zero-order chi connectivity index (χ0) is 56.3. The van der Waals surface area contributed by atoms with Crippen molar-refractivity contribution < 1.29 is 33.3 Å². The maximum Gasteiger partial charge on any atom is 0.233 e. The number of fused-ring (bicyclic) bond motifs is 3. The van der Waals surface area contributed by atoms with Gasteiger partial charge in [0.2, 0.25) is 34.1 Å². The Kier molecular flexibility index (Phi) is 27.1. The second-order valence-electron chi connectivity index (χ2n) is 21.1. The van der Waals surface area contributed by atoms with Crippen molar-refractivity contribution in [1.82, 2.24) is 44.5 Å². The third-order valence-corrected chi connectivity index (χ3v) is 13.7. The summed E-state index contributed by atoms with van der Waals surface area (Å²) in [6.45, 7) is 22.8. The van der Waals surface area contributed by atoms with Crippen molar-refractivity contribution in [3.05, 3.63) is 143 Å². The van der Waals surface area contributed by atoms with E-state index in [2.05, 4.69) is 101 Å². The number of aromatic nitrogens is 6. The van der Waals surface area contributed by atoms with Gasteiger partial charge in [-0.1, -0.05) is 144 Å². The van der Waals surface area contributed by atoms with Crippen molar-refractivity contribution in [2.75, 3.05) is 43.5 Å². The van der Waals surface area contributed by atoms with Gasteiger partial charge >= 0.3 is 0 Å². The molecule has 3 aromatic heterocycles. The number of nitrogens with two attached hydrogens (primary N) is 1. The molecule has 1 fully saturated rings. The molecule has 2 amide bonds. The molecule has 0 unspecified atom stereocenters. The third kappa shape index (κ3) is 24.7. The van der Waals surface area contributed by atoms with Crippen LogP contribution in [0.25, 0.3) is 0 Å². The molecule has 7 heterocycles. The Balaban J connectivity index is 0.000000192. The van der Waals surface area contributed by atoms with Crippen molar-refractivity contribution in [3.63, 3.8) is 0 Å². The van der Waals surface area contributed by atoms with E-state index in [4.69, 9.17) is 24.7 Å². The molecule has 17 nitrogen and oxygen atoms in total. The Labute approximate surface area is 486 Å². The van der Waals surface area contributed by atoms with E-state index in [0.717, 1.165) is 80.4 Å². The Hall–Kier alpha value is -5.38. The normalized spacial score (nSPS) is 14.2. The van der Waals surface area contributed by atoms with Crippen molar-refractivity contribution in [1.29, 1.82) is 0 Å². The van der Waals surface area contributed by atoms with E-state index < -0.39 is 0 Å². The molecule has 20 heteroatoms. The molecule has 10 rings (SSSR count). The van der Waals surface area contributed by atoms with Crippen LogP contribution in [0.1, 0.15) is 101 Å². The number of amides is 2. The summed E-state index contributed by atoms with van der Waals surface area (Å²) in [5, 5.41) is 17.4. The van der Waals surface area contributed by atoms with Crippen LogP contribution in [0.15, 0.2) is 109 Å². The van der Waals surface area contributed by atoms with Crippen molar-refractivity contribution in [2.45, 2.75) is 132 Å². The van der Waals surface area contributed by atoms with Crippen LogP contribution in [0, 0.1) is 5.41 Å². The number of nitrogens with one attached hydrogen (secondary N) is 1. The first-order chi connectivity index (χ1) is 37.3. The maximum atomic E-state index is 12.4. The number of carbonyl (C=O) groups is 3. The van der Waals surface area contributed by atoms with E-state index in [0.29, 0.717) is 80.7 Å². The number of alkyl halides is 2. The summed E-state index contributed by atoms with van der Waals surface area (Å²) in [4.78, 5) is 37.6. The number of carbonyl (C=O) groups excluding carboxylic acids is 3. The summed E-state index contributed by atoms with van der Waals surface area (Å²) in [7, 11) is 0. The molecular formula is C58H79Br3N10O7. The van der Waals surface area contributed by atoms with Crippen LogP contribution in [0.2, 0.25) is 0 Å². The average Bonchev–Trinajstić information content (AvgIpc) is 4.29. The summed E-state index contributed by atoms with van der Waals surface area (Å²) >= 11 is 8.81. The highest BCUT2D eigenvalue weighted by Gasteiger charge is 2.25. The molecule has 4 aliphatic heterocycles. The highest BCUT2D eigenvalue weighted by Crippen LogP contribution is 2.24. The molecular weight excluding hydrogens is 1190 g/mol. The first-order valence-corrected chi connectivity index (χ1v) is 29.5. The van der Waals surface area contributed by atoms with E-state index in [-0.39, 0.29) is 27.5 Å². The zero-order valence-electron chi connectivity index (χ0n) is 46.2. The highest BCUT2D eigenvalue weighted by atomic mass is 79.9. The molecule has 0 bridgehead atoms. The number of hydrogen-bond donors (Lipinski definition) is 2. The van der Waals surface area contributed by atoms with Crippen molar-refractivity contribution in [2.24, 2.45) is 11.1 Å². The van der Waals surface area contributed by atoms with Gasteiger partial charge in [0.25, 0.3) is 0 Å². The number of benzene rings is 3. The molecule has 0 saturated carbocycles. The average molecular weight is 1270 g/mol. The van der Waals surface area contributed by atoms with Gasteiger partial charge < -0.3 is 39.8 Å². The van der Waals surface area contributed by atoms with Gasteiger partial charge in [0.05, 0.1) is 60.5 Å². The van der Waals surface area contributed by atoms with Crippen LogP contribution in [0.4, 0.5) is 0 Å². The minimum absolute atomic E-state index is 0. The Bertz CT molecular complexity index is 2650. The van der Waals surface area contributed by atoms with Gasteiger partial charge in [-0.15, -0.1) is 15.3 Å². The van der Waals surface area contributed by atoms with E-state index in [1.165, 1.54) is 18.5 Å². The van der Waals surface area contributed by atoms with E-state index in [1.54, 1.807) is 0 Å². The predicted molar refractivity (Wildman–Crippen MR) is 316 cm³/mol. The molecule has 4 aliphatic rings. The van der Waals surface area contributed by atoms with Crippen LogP contribution < -0.4 is 25.3 Å². The lowest BCUT2D eigenvalue weighted by atomic mass is 9.90. The topological polar surface area (TPSA) is 186 Å². The summed E-state index contributed by atoms with van der Waals surface area (Å²) in [6.07, 6.45) is 4.07. The Morgan fingerprint density at radius 2 is 0.974 bits per heavy atom. The Morgan fingerprint density at radius 3 is 1.32 bits per heavy atom. The van der Waals surface area contributed by atoms with Gasteiger partial charge in [-0.3, -0.25) is 28.4 Å². The van der Waals surface area contributed by atoms with Crippen molar-refractivity contribution >= 4 is 64.3 Å². The third-order valence-electron chi connectivity index (χ3n) is 11.7.